The molecule has 1 fully saturated rings. The monoisotopic (exact) mass is 148 g/mol. The first-order valence-corrected chi connectivity index (χ1v) is 4.44. The molecule has 0 saturated heterocycles. The molecule has 0 aromatic heterocycles. The van der Waals surface area contributed by atoms with Crippen molar-refractivity contribution in [2.45, 2.75) is 37.0 Å². The average Bonchev–Trinajstić information content (AvgIpc) is 1.65. The van der Waals surface area contributed by atoms with E-state index in [4.69, 9.17) is 0 Å². The minimum atomic E-state index is 0.512. The van der Waals surface area contributed by atoms with Crippen LogP contribution in [0.25, 0.3) is 0 Å². The summed E-state index contributed by atoms with van der Waals surface area (Å²) < 4.78 is 0. The van der Waals surface area contributed by atoms with E-state index < -0.39 is 0 Å². The molecular formula is C6H14P2. The highest BCUT2D eigenvalue weighted by Crippen LogP contribution is 2.41. The van der Waals surface area contributed by atoms with Crippen LogP contribution in [0.4, 0.5) is 0 Å². The van der Waals surface area contributed by atoms with Crippen LogP contribution < -0.4 is 0 Å². The SMILES string of the molecule is PC1(P)CCCCC1. The molecule has 0 heterocycles. The summed E-state index contributed by atoms with van der Waals surface area (Å²) in [6, 6.07) is 0. The Bertz CT molecular complexity index is 70.6. The van der Waals surface area contributed by atoms with Gasteiger partial charge in [-0.05, 0) is 17.7 Å². The molecular weight excluding hydrogens is 134 g/mol. The molecule has 2 unspecified atom stereocenters. The molecule has 0 nitrogen and oxygen atoms in total. The zero-order valence-electron chi connectivity index (χ0n) is 5.19. The van der Waals surface area contributed by atoms with E-state index in [0.29, 0.717) is 4.90 Å². The Balaban J connectivity index is 2.33. The van der Waals surface area contributed by atoms with Crippen LogP contribution in [-0.2, 0) is 0 Å². The van der Waals surface area contributed by atoms with Crippen LogP contribution in [0.2, 0.25) is 0 Å². The summed E-state index contributed by atoms with van der Waals surface area (Å²) in [6.07, 6.45) is 7.05. The van der Waals surface area contributed by atoms with E-state index in [2.05, 4.69) is 18.5 Å². The normalized spacial score (nSPS) is 27.8. The smallest absolute Gasteiger partial charge is 0.000701 e. The second kappa shape index (κ2) is 2.63. The number of rotatable bonds is 0. The summed E-state index contributed by atoms with van der Waals surface area (Å²) in [5.74, 6) is 0. The van der Waals surface area contributed by atoms with Gasteiger partial charge in [0.15, 0.2) is 0 Å². The molecule has 0 amide bonds. The summed E-state index contributed by atoms with van der Waals surface area (Å²) in [4.78, 5) is 0.512. The minimum Gasteiger partial charge on any atom is -0.127 e. The van der Waals surface area contributed by atoms with Crippen LogP contribution in [0.15, 0.2) is 0 Å². The van der Waals surface area contributed by atoms with Crippen LogP contribution in [0.3, 0.4) is 0 Å². The third-order valence-corrected chi connectivity index (χ3v) is 2.94. The molecule has 48 valence electrons. The van der Waals surface area contributed by atoms with Gasteiger partial charge in [-0.1, -0.05) is 19.3 Å². The van der Waals surface area contributed by atoms with Crippen LogP contribution in [0, 0.1) is 0 Å². The second-order valence-corrected chi connectivity index (χ2v) is 5.76. The maximum absolute atomic E-state index is 2.93. The molecule has 2 atom stereocenters. The van der Waals surface area contributed by atoms with Gasteiger partial charge in [0, 0.05) is 0 Å². The van der Waals surface area contributed by atoms with E-state index in [0.717, 1.165) is 0 Å². The van der Waals surface area contributed by atoms with Gasteiger partial charge in [-0.25, -0.2) is 0 Å². The third kappa shape index (κ3) is 2.00. The van der Waals surface area contributed by atoms with Crippen molar-refractivity contribution in [2.24, 2.45) is 0 Å². The highest BCUT2D eigenvalue weighted by atomic mass is 31.1. The van der Waals surface area contributed by atoms with E-state index in [1.807, 2.05) is 0 Å². The molecule has 0 aromatic carbocycles. The molecule has 0 bridgehead atoms. The highest BCUT2D eigenvalue weighted by molar-refractivity contribution is 7.39. The van der Waals surface area contributed by atoms with Crippen molar-refractivity contribution >= 4 is 18.5 Å². The van der Waals surface area contributed by atoms with Crippen LogP contribution in [0.1, 0.15) is 32.1 Å². The maximum Gasteiger partial charge on any atom is -0.000701 e. The maximum atomic E-state index is 2.93. The summed E-state index contributed by atoms with van der Waals surface area (Å²) in [6.45, 7) is 0. The van der Waals surface area contributed by atoms with Crippen LogP contribution in [-0.4, -0.2) is 4.90 Å². The van der Waals surface area contributed by atoms with Gasteiger partial charge in [0.25, 0.3) is 0 Å². The van der Waals surface area contributed by atoms with E-state index in [1.54, 1.807) is 0 Å². The van der Waals surface area contributed by atoms with Crippen molar-refractivity contribution in [1.29, 1.82) is 0 Å². The molecule has 0 aromatic rings. The van der Waals surface area contributed by atoms with Crippen molar-refractivity contribution in [2.75, 3.05) is 0 Å². The van der Waals surface area contributed by atoms with Gasteiger partial charge in [0.05, 0.1) is 0 Å². The lowest BCUT2D eigenvalue weighted by atomic mass is 10.00. The van der Waals surface area contributed by atoms with Crippen LogP contribution >= 0.6 is 18.5 Å². The predicted octanol–water partition coefficient (Wildman–Crippen LogP) is 2.40. The van der Waals surface area contributed by atoms with Crippen molar-refractivity contribution < 1.29 is 0 Å². The Kier molecular flexibility index (Phi) is 2.29. The lowest BCUT2D eigenvalue weighted by Crippen LogP contribution is -2.14. The van der Waals surface area contributed by atoms with Gasteiger partial charge in [0.1, 0.15) is 0 Å². The Hall–Kier alpha value is 0.860. The lowest BCUT2D eigenvalue weighted by molar-refractivity contribution is 0.490. The first-order valence-electron chi connectivity index (χ1n) is 3.28. The van der Waals surface area contributed by atoms with Gasteiger partial charge in [-0.15, -0.1) is 18.5 Å². The van der Waals surface area contributed by atoms with E-state index >= 15 is 0 Å². The Morgan fingerprint density at radius 2 is 1.38 bits per heavy atom. The summed E-state index contributed by atoms with van der Waals surface area (Å²) >= 11 is 0. The van der Waals surface area contributed by atoms with Gasteiger partial charge in [-0.2, -0.15) is 0 Å². The van der Waals surface area contributed by atoms with E-state index in [9.17, 15) is 0 Å². The Morgan fingerprint density at radius 1 is 0.875 bits per heavy atom. The molecule has 8 heavy (non-hydrogen) atoms. The van der Waals surface area contributed by atoms with Gasteiger partial charge in [-0.3, -0.25) is 0 Å². The average molecular weight is 148 g/mol. The summed E-state index contributed by atoms with van der Waals surface area (Å²) in [7, 11) is 5.85. The summed E-state index contributed by atoms with van der Waals surface area (Å²) in [5, 5.41) is 0. The highest BCUT2D eigenvalue weighted by Gasteiger charge is 2.20. The number of hydrogen-bond acceptors (Lipinski definition) is 0. The predicted molar refractivity (Wildman–Crippen MR) is 45.2 cm³/mol. The van der Waals surface area contributed by atoms with Crippen molar-refractivity contribution in [3.8, 4) is 0 Å². The van der Waals surface area contributed by atoms with E-state index in [1.165, 1.54) is 32.1 Å². The molecule has 1 aliphatic rings. The van der Waals surface area contributed by atoms with Gasteiger partial charge in [0.2, 0.25) is 0 Å². The van der Waals surface area contributed by atoms with Crippen LogP contribution in [0.5, 0.6) is 0 Å². The van der Waals surface area contributed by atoms with Crippen molar-refractivity contribution in [3.05, 3.63) is 0 Å². The molecule has 0 spiro atoms. The minimum absolute atomic E-state index is 0.512. The fraction of sp³-hybridized carbons (Fsp3) is 1.00. The molecule has 0 aliphatic heterocycles. The molecule has 1 saturated carbocycles. The van der Waals surface area contributed by atoms with Crippen molar-refractivity contribution in [3.63, 3.8) is 0 Å². The first-order chi connectivity index (χ1) is 3.71. The summed E-state index contributed by atoms with van der Waals surface area (Å²) in [5.41, 5.74) is 0. The molecule has 0 radical (unpaired) electrons. The second-order valence-electron chi connectivity index (χ2n) is 2.79. The topological polar surface area (TPSA) is 0 Å². The van der Waals surface area contributed by atoms with Gasteiger partial charge >= 0.3 is 0 Å². The largest absolute Gasteiger partial charge is 0.127 e. The third-order valence-electron chi connectivity index (χ3n) is 1.78. The first kappa shape index (κ1) is 6.97. The quantitative estimate of drug-likeness (QED) is 0.463. The van der Waals surface area contributed by atoms with Gasteiger partial charge < -0.3 is 0 Å². The fourth-order valence-corrected chi connectivity index (χ4v) is 2.03. The zero-order chi connectivity index (χ0) is 6.04. The standard InChI is InChI=1S/C6H14P2/c7-6(8)4-2-1-3-5-6/h1-5,7-8H2. The zero-order valence-corrected chi connectivity index (χ0v) is 7.50. The molecule has 1 aliphatic carbocycles. The lowest BCUT2D eigenvalue weighted by Gasteiger charge is -2.28. The molecule has 1 rings (SSSR count). The number of hydrogen-bond donors (Lipinski definition) is 0. The Morgan fingerprint density at radius 3 is 1.62 bits per heavy atom. The molecule has 2 heteroatoms. The Labute approximate surface area is 56.2 Å². The van der Waals surface area contributed by atoms with Crippen molar-refractivity contribution in [1.82, 2.24) is 0 Å². The molecule has 0 N–H and O–H groups in total. The van der Waals surface area contributed by atoms with E-state index in [-0.39, 0.29) is 0 Å². The fourth-order valence-electron chi connectivity index (χ4n) is 1.21.